The molecule has 23 heavy (non-hydrogen) atoms. The van der Waals surface area contributed by atoms with Crippen LogP contribution in [0, 0.1) is 5.92 Å². The van der Waals surface area contributed by atoms with Crippen molar-refractivity contribution in [2.24, 2.45) is 23.1 Å². The van der Waals surface area contributed by atoms with Gasteiger partial charge in [-0.15, -0.1) is 0 Å². The molecular formula is C15H24N4O4. The van der Waals surface area contributed by atoms with Crippen molar-refractivity contribution in [3.05, 3.63) is 35.9 Å². The van der Waals surface area contributed by atoms with Crippen molar-refractivity contribution in [1.82, 2.24) is 5.32 Å². The Morgan fingerprint density at radius 3 is 2.00 bits per heavy atom. The minimum absolute atomic E-state index is 0.189. The van der Waals surface area contributed by atoms with E-state index < -0.39 is 30.0 Å². The van der Waals surface area contributed by atoms with Crippen LogP contribution in [-0.4, -0.2) is 35.1 Å². The van der Waals surface area contributed by atoms with Gasteiger partial charge < -0.3 is 27.6 Å². The maximum absolute atomic E-state index is 11.9. The average Bonchev–Trinajstić information content (AvgIpc) is 2.44. The van der Waals surface area contributed by atoms with Crippen molar-refractivity contribution < 1.29 is 19.5 Å². The third-order valence-corrected chi connectivity index (χ3v) is 2.87. The second kappa shape index (κ2) is 10.2. The summed E-state index contributed by atoms with van der Waals surface area (Å²) in [4.78, 5) is 31.9. The Morgan fingerprint density at radius 1 is 1.13 bits per heavy atom. The van der Waals surface area contributed by atoms with Gasteiger partial charge in [0.05, 0.1) is 6.04 Å². The lowest BCUT2D eigenvalue weighted by Gasteiger charge is -2.20. The molecule has 0 fully saturated rings. The van der Waals surface area contributed by atoms with Crippen LogP contribution in [0.2, 0.25) is 0 Å². The molecule has 0 radical (unpaired) electrons. The Kier molecular flexibility index (Phi) is 9.02. The van der Waals surface area contributed by atoms with Crippen LogP contribution in [0.4, 0.5) is 4.79 Å². The number of carboxylic acid groups (broad SMARTS) is 1. The zero-order chi connectivity index (χ0) is 18.0. The van der Waals surface area contributed by atoms with Crippen LogP contribution in [0.25, 0.3) is 0 Å². The second-order valence-electron chi connectivity index (χ2n) is 5.27. The summed E-state index contributed by atoms with van der Waals surface area (Å²) in [6.07, 6.45) is 0.386. The van der Waals surface area contributed by atoms with Gasteiger partial charge in [0, 0.05) is 0 Å². The van der Waals surface area contributed by atoms with Crippen molar-refractivity contribution in [2.75, 3.05) is 0 Å². The summed E-state index contributed by atoms with van der Waals surface area (Å²) in [5, 5.41) is 11.5. The molecule has 0 unspecified atom stereocenters. The molecule has 0 aliphatic rings. The number of nitrogens with two attached hydrogens (primary N) is 3. The minimum atomic E-state index is -1.05. The van der Waals surface area contributed by atoms with Gasteiger partial charge in [-0.2, -0.15) is 0 Å². The van der Waals surface area contributed by atoms with Gasteiger partial charge in [0.15, 0.2) is 0 Å². The number of rotatable bonds is 6. The van der Waals surface area contributed by atoms with Gasteiger partial charge >= 0.3 is 12.0 Å². The number of urea groups is 1. The molecule has 128 valence electrons. The molecule has 1 aromatic rings. The fourth-order valence-electron chi connectivity index (χ4n) is 1.73. The van der Waals surface area contributed by atoms with Gasteiger partial charge in [-0.1, -0.05) is 44.2 Å². The number of hydrogen-bond donors (Lipinski definition) is 5. The highest BCUT2D eigenvalue weighted by Gasteiger charge is 2.25. The lowest BCUT2D eigenvalue weighted by atomic mass is 10.0. The lowest BCUT2D eigenvalue weighted by Crippen LogP contribution is -2.51. The van der Waals surface area contributed by atoms with E-state index in [2.05, 4.69) is 16.8 Å². The number of amides is 3. The van der Waals surface area contributed by atoms with Crippen LogP contribution >= 0.6 is 0 Å². The molecule has 8 N–H and O–H groups in total. The van der Waals surface area contributed by atoms with Gasteiger partial charge in [0.2, 0.25) is 5.91 Å². The van der Waals surface area contributed by atoms with Crippen LogP contribution in [0.15, 0.2) is 30.3 Å². The first kappa shape index (κ1) is 20.4. The van der Waals surface area contributed by atoms with E-state index >= 15 is 0 Å². The molecular weight excluding hydrogens is 300 g/mol. The van der Waals surface area contributed by atoms with E-state index in [1.165, 1.54) is 0 Å². The molecule has 8 nitrogen and oxygen atoms in total. The fraction of sp³-hybridized carbons (Fsp3) is 0.400. The average molecular weight is 324 g/mol. The zero-order valence-electron chi connectivity index (χ0n) is 13.2. The fourth-order valence-corrected chi connectivity index (χ4v) is 1.73. The van der Waals surface area contributed by atoms with E-state index in [4.69, 9.17) is 15.6 Å². The third kappa shape index (κ3) is 9.10. The number of benzene rings is 1. The highest BCUT2D eigenvalue weighted by Crippen LogP contribution is 2.05. The van der Waals surface area contributed by atoms with Crippen molar-refractivity contribution in [3.63, 3.8) is 0 Å². The van der Waals surface area contributed by atoms with E-state index in [-0.39, 0.29) is 5.92 Å². The monoisotopic (exact) mass is 324 g/mol. The molecule has 1 aromatic carbocycles. The van der Waals surface area contributed by atoms with Crippen LogP contribution in [0.3, 0.4) is 0 Å². The largest absolute Gasteiger partial charge is 0.480 e. The minimum Gasteiger partial charge on any atom is -0.480 e. The molecule has 2 atom stereocenters. The Labute approximate surface area is 135 Å². The van der Waals surface area contributed by atoms with Crippen molar-refractivity contribution in [1.29, 1.82) is 0 Å². The van der Waals surface area contributed by atoms with E-state index in [1.807, 2.05) is 30.3 Å². The van der Waals surface area contributed by atoms with E-state index in [9.17, 15) is 9.59 Å². The smallest absolute Gasteiger partial charge is 0.326 e. The maximum Gasteiger partial charge on any atom is 0.326 e. The SMILES string of the molecule is CC(C)[C@H](NC(=O)[C@@H](N)Cc1ccccc1)C(=O)O.NC(N)=O. The summed E-state index contributed by atoms with van der Waals surface area (Å²) in [5.41, 5.74) is 15.2. The summed E-state index contributed by atoms with van der Waals surface area (Å²) < 4.78 is 0. The van der Waals surface area contributed by atoms with E-state index in [0.29, 0.717) is 6.42 Å². The van der Waals surface area contributed by atoms with Gasteiger partial charge in [0.25, 0.3) is 0 Å². The molecule has 8 heteroatoms. The maximum atomic E-state index is 11.9. The van der Waals surface area contributed by atoms with Crippen LogP contribution in [0.1, 0.15) is 19.4 Å². The first-order chi connectivity index (χ1) is 10.6. The van der Waals surface area contributed by atoms with Crippen LogP contribution < -0.4 is 22.5 Å². The summed E-state index contributed by atoms with van der Waals surface area (Å²) in [6.45, 7) is 3.48. The van der Waals surface area contributed by atoms with Gasteiger partial charge in [-0.25, -0.2) is 9.59 Å². The molecule has 0 bridgehead atoms. The number of carboxylic acids is 1. The Morgan fingerprint density at radius 2 is 1.61 bits per heavy atom. The summed E-state index contributed by atoms with van der Waals surface area (Å²) in [5.74, 6) is -1.68. The Hall–Kier alpha value is -2.61. The van der Waals surface area contributed by atoms with E-state index in [0.717, 1.165) is 5.56 Å². The number of hydrogen-bond acceptors (Lipinski definition) is 4. The Balaban J connectivity index is 0.00000108. The number of nitrogens with one attached hydrogen (secondary N) is 1. The van der Waals surface area contributed by atoms with Gasteiger partial charge in [0.1, 0.15) is 6.04 Å². The predicted molar refractivity (Wildman–Crippen MR) is 86.3 cm³/mol. The van der Waals surface area contributed by atoms with Gasteiger partial charge in [-0.05, 0) is 17.9 Å². The van der Waals surface area contributed by atoms with Crippen molar-refractivity contribution >= 4 is 17.9 Å². The van der Waals surface area contributed by atoms with Crippen LogP contribution in [0.5, 0.6) is 0 Å². The number of primary amides is 2. The molecule has 1 rings (SSSR count). The molecule has 0 heterocycles. The second-order valence-corrected chi connectivity index (χ2v) is 5.27. The molecule has 0 aliphatic heterocycles. The molecule has 0 saturated carbocycles. The van der Waals surface area contributed by atoms with E-state index in [1.54, 1.807) is 13.8 Å². The zero-order valence-corrected chi connectivity index (χ0v) is 13.2. The summed E-state index contributed by atoms with van der Waals surface area (Å²) in [6, 6.07) is 6.89. The molecule has 0 aromatic heterocycles. The standard InChI is InChI=1S/C14H20N2O3.CH4N2O/c1-9(2)12(14(18)19)16-13(17)11(15)8-10-6-4-3-5-7-10;2-1(3)4/h3-7,9,11-12H,8,15H2,1-2H3,(H,16,17)(H,18,19);(H4,2,3,4)/t11-,12-;/m0./s1. The Bertz CT molecular complexity index is 515. The van der Waals surface area contributed by atoms with Gasteiger partial charge in [-0.3, -0.25) is 4.79 Å². The summed E-state index contributed by atoms with van der Waals surface area (Å²) in [7, 11) is 0. The number of carbonyl (C=O) groups excluding carboxylic acids is 2. The molecule has 0 spiro atoms. The highest BCUT2D eigenvalue weighted by atomic mass is 16.4. The van der Waals surface area contributed by atoms with Crippen molar-refractivity contribution in [2.45, 2.75) is 32.4 Å². The molecule has 0 aliphatic carbocycles. The number of aliphatic carboxylic acids is 1. The predicted octanol–water partition coefficient (Wildman–Crippen LogP) is -0.194. The lowest BCUT2D eigenvalue weighted by molar-refractivity contribution is -0.143. The highest BCUT2D eigenvalue weighted by molar-refractivity contribution is 5.87. The molecule has 0 saturated heterocycles. The first-order valence-electron chi connectivity index (χ1n) is 7.02. The topological polar surface area (TPSA) is 162 Å². The van der Waals surface area contributed by atoms with Crippen molar-refractivity contribution in [3.8, 4) is 0 Å². The number of carbonyl (C=O) groups is 3. The quantitative estimate of drug-likeness (QED) is 0.489. The normalized spacial score (nSPS) is 12.5. The third-order valence-electron chi connectivity index (χ3n) is 2.87. The summed E-state index contributed by atoms with van der Waals surface area (Å²) >= 11 is 0. The first-order valence-corrected chi connectivity index (χ1v) is 7.02. The van der Waals surface area contributed by atoms with Crippen LogP contribution in [-0.2, 0) is 16.0 Å². The molecule has 3 amide bonds.